The van der Waals surface area contributed by atoms with E-state index in [4.69, 9.17) is 0 Å². The van der Waals surface area contributed by atoms with Gasteiger partial charge in [-0.3, -0.25) is 20.1 Å². The molecule has 0 aliphatic rings. The van der Waals surface area contributed by atoms with Gasteiger partial charge < -0.3 is 10.6 Å². The molecule has 3 heterocycles. The second-order valence-corrected chi connectivity index (χ2v) is 4.76. The van der Waals surface area contributed by atoms with Crippen LogP contribution in [0.15, 0.2) is 55.4 Å². The van der Waals surface area contributed by atoms with Crippen LogP contribution in [0.4, 0.5) is 23.0 Å². The summed E-state index contributed by atoms with van der Waals surface area (Å²) in [6, 6.07) is 7.11. The summed E-state index contributed by atoms with van der Waals surface area (Å²) in [6.07, 6.45) is 7.76. The van der Waals surface area contributed by atoms with Gasteiger partial charge in [-0.1, -0.05) is 6.07 Å². The zero-order chi connectivity index (χ0) is 16.8. The molecule has 0 bridgehead atoms. The van der Waals surface area contributed by atoms with Gasteiger partial charge in [-0.25, -0.2) is 9.97 Å². The van der Waals surface area contributed by atoms with Crippen LogP contribution < -0.4 is 10.6 Å². The van der Waals surface area contributed by atoms with Gasteiger partial charge in [0.25, 0.3) is 0 Å². The molecule has 2 N–H and O–H groups in total. The van der Waals surface area contributed by atoms with E-state index in [9.17, 15) is 10.1 Å². The summed E-state index contributed by atoms with van der Waals surface area (Å²) in [4.78, 5) is 26.8. The topological polar surface area (TPSA) is 119 Å². The largest absolute Gasteiger partial charge is 0.360 e. The van der Waals surface area contributed by atoms with E-state index in [1.165, 1.54) is 6.33 Å². The highest BCUT2D eigenvalue weighted by atomic mass is 16.6. The highest BCUT2D eigenvalue weighted by Crippen LogP contribution is 2.31. The van der Waals surface area contributed by atoms with E-state index in [-0.39, 0.29) is 17.3 Å². The van der Waals surface area contributed by atoms with Crippen LogP contribution in [0, 0.1) is 10.1 Å². The van der Waals surface area contributed by atoms with Crippen molar-refractivity contribution in [3.63, 3.8) is 0 Å². The Morgan fingerprint density at radius 1 is 1.04 bits per heavy atom. The summed E-state index contributed by atoms with van der Waals surface area (Å²) >= 11 is 0. The molecule has 0 aromatic carbocycles. The minimum absolute atomic E-state index is 0.0942. The normalized spacial score (nSPS) is 10.2. The molecule has 3 aromatic rings. The number of anilines is 3. The molecule has 0 saturated carbocycles. The van der Waals surface area contributed by atoms with Crippen molar-refractivity contribution in [1.82, 2.24) is 19.9 Å². The van der Waals surface area contributed by atoms with Gasteiger partial charge in [0.05, 0.1) is 16.8 Å². The molecule has 0 aliphatic heterocycles. The van der Waals surface area contributed by atoms with Crippen molar-refractivity contribution < 1.29 is 4.92 Å². The first-order valence-corrected chi connectivity index (χ1v) is 7.03. The Bertz CT molecular complexity index is 828. The van der Waals surface area contributed by atoms with Gasteiger partial charge in [0.15, 0.2) is 0 Å². The number of pyridine rings is 2. The maximum atomic E-state index is 11.5. The molecule has 0 unspecified atom stereocenters. The molecule has 0 spiro atoms. The van der Waals surface area contributed by atoms with E-state index in [1.54, 1.807) is 43.0 Å². The lowest BCUT2D eigenvalue weighted by molar-refractivity contribution is -0.383. The average Bonchev–Trinajstić information content (AvgIpc) is 2.61. The Balaban J connectivity index is 1.86. The van der Waals surface area contributed by atoms with Crippen LogP contribution in [-0.2, 0) is 6.54 Å². The van der Waals surface area contributed by atoms with E-state index in [0.717, 1.165) is 5.56 Å². The Labute approximate surface area is 137 Å². The average molecular weight is 323 g/mol. The van der Waals surface area contributed by atoms with Gasteiger partial charge in [0.2, 0.25) is 11.6 Å². The lowest BCUT2D eigenvalue weighted by Gasteiger charge is -2.09. The van der Waals surface area contributed by atoms with Crippen molar-refractivity contribution >= 4 is 23.0 Å². The highest BCUT2D eigenvalue weighted by molar-refractivity contribution is 5.73. The summed E-state index contributed by atoms with van der Waals surface area (Å²) in [5, 5.41) is 17.3. The van der Waals surface area contributed by atoms with Crippen LogP contribution in [0.5, 0.6) is 0 Å². The standard InChI is InChI=1S/C15H13N7O2/c23-22(24)13-14(18-8-11-3-1-5-16-7-11)19-10-20-15(13)21-12-4-2-6-17-9-12/h1-7,9-10H,8H2,(H2,18,19,20,21). The lowest BCUT2D eigenvalue weighted by atomic mass is 10.3. The van der Waals surface area contributed by atoms with Crippen molar-refractivity contribution in [1.29, 1.82) is 0 Å². The monoisotopic (exact) mass is 323 g/mol. The van der Waals surface area contributed by atoms with Crippen LogP contribution >= 0.6 is 0 Å². The minimum Gasteiger partial charge on any atom is -0.360 e. The van der Waals surface area contributed by atoms with Crippen molar-refractivity contribution in [3.05, 3.63) is 71.1 Å². The minimum atomic E-state index is -0.524. The Kier molecular flexibility index (Phi) is 4.52. The lowest BCUT2D eigenvalue weighted by Crippen LogP contribution is -2.08. The van der Waals surface area contributed by atoms with Crippen LogP contribution in [0.2, 0.25) is 0 Å². The molecule has 0 aliphatic carbocycles. The quantitative estimate of drug-likeness (QED) is 0.524. The van der Waals surface area contributed by atoms with E-state index in [0.29, 0.717) is 12.2 Å². The predicted molar refractivity (Wildman–Crippen MR) is 87.8 cm³/mol. The molecule has 120 valence electrons. The van der Waals surface area contributed by atoms with Crippen LogP contribution in [0.3, 0.4) is 0 Å². The maximum Gasteiger partial charge on any atom is 0.353 e. The van der Waals surface area contributed by atoms with Crippen LogP contribution in [-0.4, -0.2) is 24.9 Å². The van der Waals surface area contributed by atoms with Crippen molar-refractivity contribution in [2.45, 2.75) is 6.54 Å². The SMILES string of the molecule is O=[N+]([O-])c1c(NCc2cccnc2)ncnc1Nc1cccnc1. The molecule has 0 radical (unpaired) electrons. The summed E-state index contributed by atoms with van der Waals surface area (Å²) in [7, 11) is 0. The van der Waals surface area contributed by atoms with E-state index < -0.39 is 4.92 Å². The third kappa shape index (κ3) is 3.58. The first-order valence-electron chi connectivity index (χ1n) is 7.03. The number of nitrogens with zero attached hydrogens (tertiary/aromatic N) is 5. The van der Waals surface area contributed by atoms with Crippen molar-refractivity contribution in [3.8, 4) is 0 Å². The van der Waals surface area contributed by atoms with Crippen LogP contribution in [0.1, 0.15) is 5.56 Å². The number of rotatable bonds is 6. The maximum absolute atomic E-state index is 11.5. The van der Waals surface area contributed by atoms with E-state index in [1.807, 2.05) is 6.07 Å². The fourth-order valence-electron chi connectivity index (χ4n) is 2.03. The zero-order valence-corrected chi connectivity index (χ0v) is 12.5. The molecule has 24 heavy (non-hydrogen) atoms. The fourth-order valence-corrected chi connectivity index (χ4v) is 2.03. The van der Waals surface area contributed by atoms with Gasteiger partial charge >= 0.3 is 5.69 Å². The number of aromatic nitrogens is 4. The Morgan fingerprint density at radius 3 is 2.46 bits per heavy atom. The summed E-state index contributed by atoms with van der Waals surface area (Å²) in [5.74, 6) is 0.224. The molecule has 9 nitrogen and oxygen atoms in total. The molecule has 3 aromatic heterocycles. The predicted octanol–water partition coefficient (Wildman–Crippen LogP) is 2.53. The number of nitro groups is 1. The molecule has 3 rings (SSSR count). The van der Waals surface area contributed by atoms with Gasteiger partial charge in [-0.15, -0.1) is 0 Å². The summed E-state index contributed by atoms with van der Waals surface area (Å²) in [6.45, 7) is 0.359. The molecule has 0 atom stereocenters. The van der Waals surface area contributed by atoms with Gasteiger partial charge in [0, 0.05) is 25.1 Å². The summed E-state index contributed by atoms with van der Waals surface area (Å²) in [5.41, 5.74) is 1.25. The van der Waals surface area contributed by atoms with Crippen LogP contribution in [0.25, 0.3) is 0 Å². The first-order chi connectivity index (χ1) is 11.7. The second-order valence-electron chi connectivity index (χ2n) is 4.76. The van der Waals surface area contributed by atoms with Crippen molar-refractivity contribution in [2.75, 3.05) is 10.6 Å². The van der Waals surface area contributed by atoms with Crippen molar-refractivity contribution in [2.24, 2.45) is 0 Å². The van der Waals surface area contributed by atoms with E-state index in [2.05, 4.69) is 30.6 Å². The molecule has 9 heteroatoms. The van der Waals surface area contributed by atoms with Gasteiger partial charge in [0.1, 0.15) is 6.33 Å². The Hall–Kier alpha value is -3.62. The number of hydrogen-bond acceptors (Lipinski definition) is 8. The molecule has 0 fully saturated rings. The third-order valence-electron chi connectivity index (χ3n) is 3.11. The smallest absolute Gasteiger partial charge is 0.353 e. The van der Waals surface area contributed by atoms with Gasteiger partial charge in [-0.2, -0.15) is 0 Å². The number of hydrogen-bond donors (Lipinski definition) is 2. The molecule has 0 saturated heterocycles. The molecular formula is C15H13N7O2. The fraction of sp³-hybridized carbons (Fsp3) is 0.0667. The number of nitrogens with one attached hydrogen (secondary N) is 2. The Morgan fingerprint density at radius 2 is 1.79 bits per heavy atom. The molecule has 0 amide bonds. The zero-order valence-electron chi connectivity index (χ0n) is 12.5. The first kappa shape index (κ1) is 15.3. The summed E-state index contributed by atoms with van der Waals surface area (Å²) < 4.78 is 0. The second kappa shape index (κ2) is 7.09. The van der Waals surface area contributed by atoms with E-state index >= 15 is 0 Å². The highest BCUT2D eigenvalue weighted by Gasteiger charge is 2.23. The third-order valence-corrected chi connectivity index (χ3v) is 3.11. The molecular weight excluding hydrogens is 310 g/mol. The van der Waals surface area contributed by atoms with Gasteiger partial charge in [-0.05, 0) is 23.8 Å².